The highest BCUT2D eigenvalue weighted by Gasteiger charge is 2.10. The second kappa shape index (κ2) is 4.97. The van der Waals surface area contributed by atoms with Crippen molar-refractivity contribution in [1.29, 1.82) is 0 Å². The molecule has 0 unspecified atom stereocenters. The second-order valence-corrected chi connectivity index (χ2v) is 4.33. The van der Waals surface area contributed by atoms with Crippen LogP contribution in [0.25, 0.3) is 0 Å². The minimum absolute atomic E-state index is 0.0443. The molecule has 0 saturated carbocycles. The molecule has 0 aliphatic carbocycles. The first-order valence-corrected chi connectivity index (χ1v) is 5.81. The number of hydrogen-bond acceptors (Lipinski definition) is 4. The van der Waals surface area contributed by atoms with Gasteiger partial charge in [0.1, 0.15) is 5.82 Å². The van der Waals surface area contributed by atoms with E-state index in [0.717, 1.165) is 16.8 Å². The molecule has 0 atom stereocenters. The number of carboxylic acids is 1. The van der Waals surface area contributed by atoms with Gasteiger partial charge in [0, 0.05) is 5.69 Å². The number of nitrogens with zero attached hydrogens (tertiary/aromatic N) is 1. The Kier molecular flexibility index (Phi) is 3.37. The Morgan fingerprint density at radius 3 is 2.79 bits per heavy atom. The van der Waals surface area contributed by atoms with E-state index in [2.05, 4.69) is 10.3 Å². The smallest absolute Gasteiger partial charge is 0.337 e. The Bertz CT molecular complexity index is 639. The fourth-order valence-corrected chi connectivity index (χ4v) is 1.74. The van der Waals surface area contributed by atoms with Gasteiger partial charge in [-0.05, 0) is 37.1 Å². The summed E-state index contributed by atoms with van der Waals surface area (Å²) < 4.78 is 0. The van der Waals surface area contributed by atoms with Crippen LogP contribution in [0, 0.1) is 13.8 Å². The maximum atomic E-state index is 11.0. The van der Waals surface area contributed by atoms with E-state index in [1.54, 1.807) is 0 Å². The molecule has 0 spiro atoms. The average Bonchev–Trinajstić information content (AvgIpc) is 2.37. The van der Waals surface area contributed by atoms with Gasteiger partial charge < -0.3 is 16.2 Å². The van der Waals surface area contributed by atoms with E-state index in [0.29, 0.717) is 5.82 Å². The van der Waals surface area contributed by atoms with Crippen molar-refractivity contribution >= 4 is 23.2 Å². The van der Waals surface area contributed by atoms with Crippen LogP contribution in [0.1, 0.15) is 21.5 Å². The Balaban J connectivity index is 2.36. The number of hydrogen-bond donors (Lipinski definition) is 3. The Hall–Kier alpha value is -2.56. The predicted molar refractivity (Wildman–Crippen MR) is 74.8 cm³/mol. The number of benzene rings is 1. The summed E-state index contributed by atoms with van der Waals surface area (Å²) in [6, 6.07) is 7.29. The van der Waals surface area contributed by atoms with Crippen LogP contribution in [0.5, 0.6) is 0 Å². The summed E-state index contributed by atoms with van der Waals surface area (Å²) in [5, 5.41) is 12.1. The van der Waals surface area contributed by atoms with Crippen molar-refractivity contribution in [3.8, 4) is 0 Å². The summed E-state index contributed by atoms with van der Waals surface area (Å²) in [4.78, 5) is 15.1. The number of nitrogens with one attached hydrogen (secondary N) is 1. The van der Waals surface area contributed by atoms with E-state index < -0.39 is 5.97 Å². The molecule has 0 saturated heterocycles. The van der Waals surface area contributed by atoms with Crippen LogP contribution in [0.15, 0.2) is 30.5 Å². The second-order valence-electron chi connectivity index (χ2n) is 4.33. The third kappa shape index (κ3) is 2.65. The zero-order valence-corrected chi connectivity index (χ0v) is 10.8. The van der Waals surface area contributed by atoms with Gasteiger partial charge in [-0.2, -0.15) is 0 Å². The summed E-state index contributed by atoms with van der Waals surface area (Å²) in [6.07, 6.45) is 1.34. The highest BCUT2D eigenvalue weighted by atomic mass is 16.4. The van der Waals surface area contributed by atoms with Gasteiger partial charge in [-0.1, -0.05) is 12.1 Å². The molecule has 0 aliphatic heterocycles. The molecule has 0 fully saturated rings. The third-order valence-corrected chi connectivity index (χ3v) is 3.03. The molecule has 2 aromatic rings. The third-order valence-electron chi connectivity index (χ3n) is 3.03. The van der Waals surface area contributed by atoms with Gasteiger partial charge in [-0.3, -0.25) is 0 Å². The number of aromatic nitrogens is 1. The van der Waals surface area contributed by atoms with Gasteiger partial charge in [0.25, 0.3) is 0 Å². The maximum absolute atomic E-state index is 11.0. The van der Waals surface area contributed by atoms with Gasteiger partial charge in [0.05, 0.1) is 17.4 Å². The fraction of sp³-hybridized carbons (Fsp3) is 0.143. The molecule has 1 aromatic carbocycles. The molecule has 2 rings (SSSR count). The van der Waals surface area contributed by atoms with E-state index in [1.807, 2.05) is 32.0 Å². The number of carboxylic acid groups (broad SMARTS) is 1. The van der Waals surface area contributed by atoms with Crippen molar-refractivity contribution in [3.05, 3.63) is 47.2 Å². The molecule has 0 amide bonds. The molecule has 1 heterocycles. The first kappa shape index (κ1) is 12.9. The number of carbonyl (C=O) groups is 1. The molecule has 19 heavy (non-hydrogen) atoms. The molecule has 98 valence electrons. The van der Waals surface area contributed by atoms with Crippen LogP contribution in [-0.2, 0) is 0 Å². The predicted octanol–water partition coefficient (Wildman–Crippen LogP) is 2.72. The molecule has 0 aliphatic rings. The summed E-state index contributed by atoms with van der Waals surface area (Å²) in [5.74, 6) is -0.607. The fourth-order valence-electron chi connectivity index (χ4n) is 1.74. The van der Waals surface area contributed by atoms with Crippen LogP contribution in [0.4, 0.5) is 17.2 Å². The van der Waals surface area contributed by atoms with E-state index >= 15 is 0 Å². The van der Waals surface area contributed by atoms with Gasteiger partial charge in [-0.15, -0.1) is 0 Å². The average molecular weight is 257 g/mol. The lowest BCUT2D eigenvalue weighted by Crippen LogP contribution is -2.05. The van der Waals surface area contributed by atoms with Crippen molar-refractivity contribution in [3.63, 3.8) is 0 Å². The van der Waals surface area contributed by atoms with E-state index in [4.69, 9.17) is 10.8 Å². The first-order valence-electron chi connectivity index (χ1n) is 5.81. The molecule has 0 radical (unpaired) electrons. The first-order chi connectivity index (χ1) is 8.99. The van der Waals surface area contributed by atoms with Gasteiger partial charge in [-0.25, -0.2) is 9.78 Å². The highest BCUT2D eigenvalue weighted by molar-refractivity contribution is 5.94. The Morgan fingerprint density at radius 2 is 2.11 bits per heavy atom. The zero-order valence-electron chi connectivity index (χ0n) is 10.8. The van der Waals surface area contributed by atoms with Crippen molar-refractivity contribution in [2.45, 2.75) is 13.8 Å². The quantitative estimate of drug-likeness (QED) is 0.786. The van der Waals surface area contributed by atoms with Crippen molar-refractivity contribution in [1.82, 2.24) is 4.98 Å². The number of rotatable bonds is 3. The normalized spacial score (nSPS) is 10.2. The molecule has 5 heteroatoms. The van der Waals surface area contributed by atoms with Crippen LogP contribution in [0.2, 0.25) is 0 Å². The maximum Gasteiger partial charge on any atom is 0.337 e. The number of nitrogen functional groups attached to an aromatic ring is 1. The van der Waals surface area contributed by atoms with Crippen molar-refractivity contribution in [2.24, 2.45) is 0 Å². The molecular weight excluding hydrogens is 242 g/mol. The molecule has 0 bridgehead atoms. The number of aromatic carboxylic acids is 1. The Morgan fingerprint density at radius 1 is 1.37 bits per heavy atom. The summed E-state index contributed by atoms with van der Waals surface area (Å²) >= 11 is 0. The standard InChI is InChI=1S/C14H15N3O2/c1-8-4-3-5-12(9(8)2)17-13-6-10(14(18)19)11(15)7-16-13/h3-7H,15H2,1-2H3,(H,16,17)(H,18,19). The van der Waals surface area contributed by atoms with Gasteiger partial charge in [0.2, 0.25) is 0 Å². The topological polar surface area (TPSA) is 88.2 Å². The number of pyridine rings is 1. The minimum Gasteiger partial charge on any atom is -0.478 e. The van der Waals surface area contributed by atoms with Gasteiger partial charge in [0.15, 0.2) is 0 Å². The SMILES string of the molecule is Cc1cccc(Nc2cc(C(=O)O)c(N)cn2)c1C. The van der Waals surface area contributed by atoms with E-state index in [9.17, 15) is 4.79 Å². The molecular formula is C14H15N3O2. The van der Waals surface area contributed by atoms with Gasteiger partial charge >= 0.3 is 5.97 Å². The van der Waals surface area contributed by atoms with Crippen molar-refractivity contribution in [2.75, 3.05) is 11.1 Å². The number of anilines is 3. The summed E-state index contributed by atoms with van der Waals surface area (Å²) in [5.41, 5.74) is 8.91. The molecule has 4 N–H and O–H groups in total. The molecule has 1 aromatic heterocycles. The lowest BCUT2D eigenvalue weighted by atomic mass is 10.1. The highest BCUT2D eigenvalue weighted by Crippen LogP contribution is 2.23. The minimum atomic E-state index is -1.07. The monoisotopic (exact) mass is 257 g/mol. The van der Waals surface area contributed by atoms with E-state index in [-0.39, 0.29) is 11.3 Å². The number of aryl methyl sites for hydroxylation is 1. The van der Waals surface area contributed by atoms with Crippen LogP contribution in [-0.4, -0.2) is 16.1 Å². The van der Waals surface area contributed by atoms with E-state index in [1.165, 1.54) is 12.3 Å². The number of nitrogens with two attached hydrogens (primary N) is 1. The van der Waals surface area contributed by atoms with Crippen molar-refractivity contribution < 1.29 is 9.90 Å². The Labute approximate surface area is 111 Å². The lowest BCUT2D eigenvalue weighted by molar-refractivity contribution is 0.0698. The van der Waals surface area contributed by atoms with Crippen LogP contribution < -0.4 is 11.1 Å². The van der Waals surface area contributed by atoms with Crippen LogP contribution >= 0.6 is 0 Å². The lowest BCUT2D eigenvalue weighted by Gasteiger charge is -2.11. The largest absolute Gasteiger partial charge is 0.478 e. The zero-order chi connectivity index (χ0) is 14.0. The molecule has 5 nitrogen and oxygen atoms in total. The summed E-state index contributed by atoms with van der Waals surface area (Å²) in [7, 11) is 0. The van der Waals surface area contributed by atoms with Crippen LogP contribution in [0.3, 0.4) is 0 Å². The summed E-state index contributed by atoms with van der Waals surface area (Å²) in [6.45, 7) is 4.01.